The van der Waals surface area contributed by atoms with Crippen LogP contribution >= 0.6 is 69.2 Å². The summed E-state index contributed by atoms with van der Waals surface area (Å²) in [7, 11) is 0. The zero-order chi connectivity index (χ0) is 21.3. The number of ether oxygens (including phenoxy) is 1. The molecule has 0 aliphatic carbocycles. The molecule has 1 heterocycles. The molecule has 148 valence electrons. The maximum absolute atomic E-state index is 13.2. The first-order valence-corrected chi connectivity index (χ1v) is 12.2. The van der Waals surface area contributed by atoms with Gasteiger partial charge in [0, 0.05) is 5.39 Å². The molecule has 1 aliphatic heterocycles. The summed E-state index contributed by atoms with van der Waals surface area (Å²) in [6.45, 7) is 0.217. The number of halogens is 2. The number of benzene rings is 3. The highest BCUT2D eigenvalue weighted by molar-refractivity contribution is 14.1. The summed E-state index contributed by atoms with van der Waals surface area (Å²) in [5, 5.41) is 2.07. The molecule has 3 nitrogen and oxygen atoms in total. The summed E-state index contributed by atoms with van der Waals surface area (Å²) in [4.78, 5) is 15.5. The number of terminal acetylenes is 1. The molecule has 4 rings (SSSR count). The van der Waals surface area contributed by atoms with Crippen LogP contribution in [-0.4, -0.2) is 16.8 Å². The Labute approximate surface area is 211 Å². The van der Waals surface area contributed by atoms with E-state index in [4.69, 9.17) is 23.4 Å². The van der Waals surface area contributed by atoms with E-state index in [1.807, 2.05) is 60.7 Å². The van der Waals surface area contributed by atoms with Crippen LogP contribution in [0.4, 0.5) is 5.69 Å². The minimum atomic E-state index is -0.112. The lowest BCUT2D eigenvalue weighted by atomic mass is 10.1. The third kappa shape index (κ3) is 4.23. The average molecular weight is 653 g/mol. The third-order valence-corrected chi connectivity index (χ3v) is 7.32. The van der Waals surface area contributed by atoms with Crippen molar-refractivity contribution >= 4 is 102 Å². The zero-order valence-corrected chi connectivity index (χ0v) is 21.3. The molecule has 3 aromatic carbocycles. The van der Waals surface area contributed by atoms with Gasteiger partial charge >= 0.3 is 0 Å². The number of amides is 1. The monoisotopic (exact) mass is 653 g/mol. The second kappa shape index (κ2) is 9.26. The van der Waals surface area contributed by atoms with Crippen LogP contribution in [0.5, 0.6) is 5.75 Å². The van der Waals surface area contributed by atoms with Crippen molar-refractivity contribution in [2.45, 2.75) is 0 Å². The summed E-state index contributed by atoms with van der Waals surface area (Å²) >= 11 is 11.3. The number of fused-ring (bicyclic) bond motifs is 1. The standard InChI is InChI=1S/C23H13I2NO2S2/c1-2-10-28-21-17(24)11-14(12-18(21)25)13-20-22(27)26(23(29)30-20)19-9-5-7-15-6-3-4-8-16(15)19/h1,3-9,11-13H,10H2/b20-13+. The van der Waals surface area contributed by atoms with Crippen LogP contribution in [0, 0.1) is 19.5 Å². The Morgan fingerprint density at radius 3 is 2.57 bits per heavy atom. The third-order valence-electron chi connectivity index (χ3n) is 4.42. The van der Waals surface area contributed by atoms with Gasteiger partial charge in [-0.3, -0.25) is 9.69 Å². The number of hydrogen-bond acceptors (Lipinski definition) is 4. The van der Waals surface area contributed by atoms with Crippen LogP contribution in [0.25, 0.3) is 16.8 Å². The lowest BCUT2D eigenvalue weighted by Crippen LogP contribution is -2.27. The molecule has 1 saturated heterocycles. The van der Waals surface area contributed by atoms with Gasteiger partial charge in [-0.05, 0) is 80.4 Å². The van der Waals surface area contributed by atoms with Crippen molar-refractivity contribution in [1.82, 2.24) is 0 Å². The number of hydrogen-bond donors (Lipinski definition) is 0. The number of thiocarbonyl (C=S) groups is 1. The molecule has 3 aromatic rings. The Morgan fingerprint density at radius 1 is 1.13 bits per heavy atom. The van der Waals surface area contributed by atoms with E-state index >= 15 is 0 Å². The highest BCUT2D eigenvalue weighted by Crippen LogP contribution is 2.39. The molecule has 0 unspecified atom stereocenters. The van der Waals surface area contributed by atoms with Crippen LogP contribution in [0.15, 0.2) is 59.5 Å². The molecule has 0 aromatic heterocycles. The first kappa shape index (κ1) is 21.6. The Hall–Kier alpha value is -1.61. The summed E-state index contributed by atoms with van der Waals surface area (Å²) < 4.78 is 8.02. The fourth-order valence-corrected chi connectivity index (χ4v) is 6.56. The van der Waals surface area contributed by atoms with E-state index in [1.165, 1.54) is 11.8 Å². The van der Waals surface area contributed by atoms with Crippen LogP contribution in [0.3, 0.4) is 0 Å². The number of carbonyl (C=O) groups is 1. The number of rotatable bonds is 4. The molecule has 0 saturated carbocycles. The Morgan fingerprint density at radius 2 is 1.83 bits per heavy atom. The maximum atomic E-state index is 13.2. The summed E-state index contributed by atoms with van der Waals surface area (Å²) in [5.74, 6) is 3.13. The van der Waals surface area contributed by atoms with E-state index in [9.17, 15) is 4.79 Å². The van der Waals surface area contributed by atoms with Crippen molar-refractivity contribution in [2.75, 3.05) is 11.5 Å². The number of anilines is 1. The Bertz CT molecular complexity index is 1240. The van der Waals surface area contributed by atoms with Gasteiger partial charge in [0.15, 0.2) is 4.32 Å². The second-order valence-electron chi connectivity index (χ2n) is 6.32. The highest BCUT2D eigenvalue weighted by Gasteiger charge is 2.34. The summed E-state index contributed by atoms with van der Waals surface area (Å²) in [5.41, 5.74) is 1.72. The van der Waals surface area contributed by atoms with Gasteiger partial charge in [0.25, 0.3) is 5.91 Å². The summed E-state index contributed by atoms with van der Waals surface area (Å²) in [6.07, 6.45) is 7.17. The largest absolute Gasteiger partial charge is 0.479 e. The van der Waals surface area contributed by atoms with Gasteiger partial charge in [0.05, 0.1) is 17.7 Å². The van der Waals surface area contributed by atoms with E-state index < -0.39 is 0 Å². The first-order valence-electron chi connectivity index (χ1n) is 8.80. The van der Waals surface area contributed by atoms with Crippen LogP contribution < -0.4 is 9.64 Å². The smallest absolute Gasteiger partial charge is 0.270 e. The fourth-order valence-electron chi connectivity index (χ4n) is 3.14. The van der Waals surface area contributed by atoms with Crippen molar-refractivity contribution in [3.05, 3.63) is 72.2 Å². The van der Waals surface area contributed by atoms with Crippen molar-refractivity contribution in [3.8, 4) is 18.1 Å². The van der Waals surface area contributed by atoms with Gasteiger partial charge in [-0.2, -0.15) is 0 Å². The molecule has 1 aliphatic rings. The zero-order valence-electron chi connectivity index (χ0n) is 15.4. The number of nitrogens with zero attached hydrogens (tertiary/aromatic N) is 1. The van der Waals surface area contributed by atoms with E-state index in [-0.39, 0.29) is 12.5 Å². The molecule has 30 heavy (non-hydrogen) atoms. The highest BCUT2D eigenvalue weighted by atomic mass is 127. The van der Waals surface area contributed by atoms with Crippen molar-refractivity contribution < 1.29 is 9.53 Å². The van der Waals surface area contributed by atoms with Gasteiger partial charge < -0.3 is 4.74 Å². The molecule has 0 atom stereocenters. The van der Waals surface area contributed by atoms with Gasteiger partial charge in [-0.25, -0.2) is 0 Å². The SMILES string of the molecule is C#CCOc1c(I)cc(/C=C2/SC(=S)N(c3cccc4ccccc34)C2=O)cc1I. The molecule has 0 radical (unpaired) electrons. The minimum absolute atomic E-state index is 0.112. The second-order valence-corrected chi connectivity index (χ2v) is 10.3. The quantitative estimate of drug-likeness (QED) is 0.140. The van der Waals surface area contributed by atoms with E-state index in [0.29, 0.717) is 9.23 Å². The van der Waals surface area contributed by atoms with Gasteiger partial charge in [-0.1, -0.05) is 66.3 Å². The predicted octanol–water partition coefficient (Wildman–Crippen LogP) is 6.47. The fraction of sp³-hybridized carbons (Fsp3) is 0.0435. The molecule has 0 N–H and O–H groups in total. The molecular weight excluding hydrogens is 640 g/mol. The van der Waals surface area contributed by atoms with Crippen LogP contribution in [0.2, 0.25) is 0 Å². The van der Waals surface area contributed by atoms with Crippen molar-refractivity contribution in [3.63, 3.8) is 0 Å². The molecule has 0 bridgehead atoms. The van der Waals surface area contributed by atoms with Crippen molar-refractivity contribution in [1.29, 1.82) is 0 Å². The Balaban J connectivity index is 1.69. The molecule has 7 heteroatoms. The van der Waals surface area contributed by atoms with Gasteiger partial charge in [0.2, 0.25) is 0 Å². The minimum Gasteiger partial charge on any atom is -0.479 e. The maximum Gasteiger partial charge on any atom is 0.270 e. The lowest BCUT2D eigenvalue weighted by Gasteiger charge is -2.17. The molecule has 0 spiro atoms. The van der Waals surface area contributed by atoms with Gasteiger partial charge in [-0.15, -0.1) is 6.42 Å². The topological polar surface area (TPSA) is 29.5 Å². The van der Waals surface area contributed by atoms with Crippen LogP contribution in [0.1, 0.15) is 5.56 Å². The number of thioether (sulfide) groups is 1. The lowest BCUT2D eigenvalue weighted by molar-refractivity contribution is -0.113. The van der Waals surface area contributed by atoms with Crippen LogP contribution in [-0.2, 0) is 4.79 Å². The first-order chi connectivity index (χ1) is 14.5. The average Bonchev–Trinajstić information content (AvgIpc) is 3.00. The molecular formula is C23H13I2NO2S2. The summed E-state index contributed by atoms with van der Waals surface area (Å²) in [6, 6.07) is 17.8. The number of carbonyl (C=O) groups excluding carboxylic acids is 1. The van der Waals surface area contributed by atoms with Crippen molar-refractivity contribution in [2.24, 2.45) is 0 Å². The molecule has 1 fully saturated rings. The van der Waals surface area contributed by atoms with E-state index in [1.54, 1.807) is 4.90 Å². The Kier molecular flexibility index (Phi) is 6.67. The molecule has 1 amide bonds. The normalized spacial score (nSPS) is 15.1. The van der Waals surface area contributed by atoms with E-state index in [0.717, 1.165) is 34.9 Å². The predicted molar refractivity (Wildman–Crippen MR) is 146 cm³/mol. The van der Waals surface area contributed by atoms with E-state index in [2.05, 4.69) is 51.1 Å². The van der Waals surface area contributed by atoms with Gasteiger partial charge in [0.1, 0.15) is 12.4 Å².